The summed E-state index contributed by atoms with van der Waals surface area (Å²) in [5.41, 5.74) is 0. The SMILES string of the molecule is [CH2-][NH+]1CCOC[C@H]1C(C)C. The molecule has 1 rings (SSSR count). The predicted octanol–water partition coefficient (Wildman–Crippen LogP) is -0.282. The van der Waals surface area contributed by atoms with E-state index in [-0.39, 0.29) is 0 Å². The standard InChI is InChI=1S/C8H17NO/c1-7(2)8-6-10-5-4-9(8)3/h7-9H,3-6H2,1-2H3/t8-/m0/s1. The third kappa shape index (κ3) is 1.70. The van der Waals surface area contributed by atoms with Crippen LogP contribution in [0.2, 0.25) is 0 Å². The highest BCUT2D eigenvalue weighted by Gasteiger charge is 2.22. The molecule has 0 radical (unpaired) electrons. The lowest BCUT2D eigenvalue weighted by Crippen LogP contribution is -3.14. The Morgan fingerprint density at radius 2 is 2.30 bits per heavy atom. The molecule has 60 valence electrons. The monoisotopic (exact) mass is 143 g/mol. The van der Waals surface area contributed by atoms with Crippen LogP contribution in [0.15, 0.2) is 0 Å². The maximum atomic E-state index is 5.35. The van der Waals surface area contributed by atoms with Crippen molar-refractivity contribution in [3.05, 3.63) is 7.05 Å². The van der Waals surface area contributed by atoms with Crippen molar-refractivity contribution < 1.29 is 9.64 Å². The molecule has 1 aliphatic rings. The highest BCUT2D eigenvalue weighted by atomic mass is 16.5. The summed E-state index contributed by atoms with van der Waals surface area (Å²) in [6, 6.07) is 0.605. The molecule has 0 aromatic heterocycles. The van der Waals surface area contributed by atoms with E-state index in [0.717, 1.165) is 19.8 Å². The van der Waals surface area contributed by atoms with Crippen LogP contribution in [0, 0.1) is 13.0 Å². The summed E-state index contributed by atoms with van der Waals surface area (Å²) in [6.45, 7) is 7.27. The molecule has 1 saturated heterocycles. The van der Waals surface area contributed by atoms with Gasteiger partial charge in [0.15, 0.2) is 0 Å². The number of rotatable bonds is 1. The van der Waals surface area contributed by atoms with Crippen molar-refractivity contribution in [1.29, 1.82) is 0 Å². The normalized spacial score (nSPS) is 34.8. The Morgan fingerprint density at radius 1 is 1.60 bits per heavy atom. The van der Waals surface area contributed by atoms with Crippen LogP contribution in [0.5, 0.6) is 0 Å². The van der Waals surface area contributed by atoms with Crippen molar-refractivity contribution in [1.82, 2.24) is 0 Å². The van der Waals surface area contributed by atoms with Crippen molar-refractivity contribution in [2.45, 2.75) is 19.9 Å². The van der Waals surface area contributed by atoms with Crippen LogP contribution in [0.25, 0.3) is 0 Å². The summed E-state index contributed by atoms with van der Waals surface area (Å²) < 4.78 is 5.35. The quantitative estimate of drug-likeness (QED) is 0.498. The van der Waals surface area contributed by atoms with Gasteiger partial charge in [0.05, 0.1) is 25.8 Å². The fourth-order valence-electron chi connectivity index (χ4n) is 1.38. The van der Waals surface area contributed by atoms with Gasteiger partial charge in [0.1, 0.15) is 0 Å². The van der Waals surface area contributed by atoms with Crippen molar-refractivity contribution in [3.8, 4) is 0 Å². The molecule has 2 atom stereocenters. The molecule has 0 saturated carbocycles. The average Bonchev–Trinajstić information content (AvgIpc) is 1.88. The first-order valence-corrected chi connectivity index (χ1v) is 3.97. The van der Waals surface area contributed by atoms with Gasteiger partial charge in [-0.2, -0.15) is 7.05 Å². The zero-order chi connectivity index (χ0) is 7.56. The van der Waals surface area contributed by atoms with Crippen molar-refractivity contribution in [3.63, 3.8) is 0 Å². The van der Waals surface area contributed by atoms with E-state index in [4.69, 9.17) is 4.74 Å². The largest absolute Gasteiger partial charge is 0.461 e. The van der Waals surface area contributed by atoms with Gasteiger partial charge in [0.2, 0.25) is 0 Å². The van der Waals surface area contributed by atoms with Gasteiger partial charge in [-0.15, -0.1) is 0 Å². The van der Waals surface area contributed by atoms with Crippen LogP contribution in [0.4, 0.5) is 0 Å². The van der Waals surface area contributed by atoms with E-state index in [2.05, 4.69) is 20.9 Å². The summed E-state index contributed by atoms with van der Waals surface area (Å²) in [4.78, 5) is 1.38. The van der Waals surface area contributed by atoms with Crippen molar-refractivity contribution in [2.75, 3.05) is 19.8 Å². The molecule has 2 heteroatoms. The van der Waals surface area contributed by atoms with Crippen LogP contribution >= 0.6 is 0 Å². The number of morpholine rings is 1. The molecule has 1 N–H and O–H groups in total. The molecule has 1 aliphatic heterocycles. The third-order valence-electron chi connectivity index (χ3n) is 2.19. The topological polar surface area (TPSA) is 13.7 Å². The highest BCUT2D eigenvalue weighted by Crippen LogP contribution is 2.00. The number of nitrogens with one attached hydrogen (secondary N) is 1. The van der Waals surface area contributed by atoms with Gasteiger partial charge in [-0.1, -0.05) is 13.8 Å². The molecular weight excluding hydrogens is 126 g/mol. The lowest BCUT2D eigenvalue weighted by molar-refractivity contribution is -0.894. The molecule has 1 heterocycles. The smallest absolute Gasteiger partial charge is 0.0969 e. The van der Waals surface area contributed by atoms with Crippen LogP contribution in [0.1, 0.15) is 13.8 Å². The maximum Gasteiger partial charge on any atom is 0.0969 e. The van der Waals surface area contributed by atoms with Gasteiger partial charge in [-0.25, -0.2) is 0 Å². The Labute approximate surface area is 63.2 Å². The third-order valence-corrected chi connectivity index (χ3v) is 2.19. The Kier molecular flexibility index (Phi) is 2.69. The van der Waals surface area contributed by atoms with Gasteiger partial charge in [0.25, 0.3) is 0 Å². The van der Waals surface area contributed by atoms with E-state index >= 15 is 0 Å². The Balaban J connectivity index is 2.40. The van der Waals surface area contributed by atoms with E-state index in [9.17, 15) is 0 Å². The minimum atomic E-state index is 0.605. The second kappa shape index (κ2) is 3.35. The van der Waals surface area contributed by atoms with Crippen molar-refractivity contribution in [2.24, 2.45) is 5.92 Å². The van der Waals surface area contributed by atoms with E-state index < -0.39 is 0 Å². The zero-order valence-corrected chi connectivity index (χ0v) is 6.89. The summed E-state index contributed by atoms with van der Waals surface area (Å²) in [5.74, 6) is 0.688. The highest BCUT2D eigenvalue weighted by molar-refractivity contribution is 4.62. The molecule has 0 amide bonds. The van der Waals surface area contributed by atoms with E-state index in [1.54, 1.807) is 0 Å². The Hall–Kier alpha value is -0.0800. The second-order valence-electron chi connectivity index (χ2n) is 3.33. The first-order valence-electron chi connectivity index (χ1n) is 3.97. The average molecular weight is 143 g/mol. The maximum absolute atomic E-state index is 5.35. The number of hydrogen-bond acceptors (Lipinski definition) is 1. The molecule has 1 unspecified atom stereocenters. The van der Waals surface area contributed by atoms with Gasteiger partial charge in [-0.3, -0.25) is 0 Å². The Bertz CT molecular complexity index is 103. The van der Waals surface area contributed by atoms with E-state index in [1.165, 1.54) is 4.90 Å². The zero-order valence-electron chi connectivity index (χ0n) is 6.89. The lowest BCUT2D eigenvalue weighted by Gasteiger charge is -2.37. The van der Waals surface area contributed by atoms with Gasteiger partial charge >= 0.3 is 0 Å². The molecule has 0 aromatic carbocycles. The molecular formula is C8H17NO. The minimum absolute atomic E-state index is 0.605. The molecule has 0 aliphatic carbocycles. The van der Waals surface area contributed by atoms with Gasteiger partial charge < -0.3 is 9.64 Å². The first kappa shape index (κ1) is 8.02. The summed E-state index contributed by atoms with van der Waals surface area (Å²) in [5, 5.41) is 0. The van der Waals surface area contributed by atoms with Gasteiger partial charge in [0, 0.05) is 5.92 Å². The van der Waals surface area contributed by atoms with Crippen LogP contribution in [-0.2, 0) is 4.74 Å². The molecule has 2 nitrogen and oxygen atoms in total. The van der Waals surface area contributed by atoms with Crippen LogP contribution in [0.3, 0.4) is 0 Å². The Morgan fingerprint density at radius 3 is 2.70 bits per heavy atom. The lowest BCUT2D eigenvalue weighted by atomic mass is 10.0. The van der Waals surface area contributed by atoms with Crippen LogP contribution in [-0.4, -0.2) is 25.8 Å². The number of hydrogen-bond donors (Lipinski definition) is 1. The molecule has 10 heavy (non-hydrogen) atoms. The molecule has 1 fully saturated rings. The second-order valence-corrected chi connectivity index (χ2v) is 3.33. The fraction of sp³-hybridized carbons (Fsp3) is 0.875. The first-order chi connectivity index (χ1) is 4.72. The van der Waals surface area contributed by atoms with E-state index in [0.29, 0.717) is 12.0 Å². The number of quaternary nitrogens is 1. The predicted molar refractivity (Wildman–Crippen MR) is 40.6 cm³/mol. The fourth-order valence-corrected chi connectivity index (χ4v) is 1.38. The van der Waals surface area contributed by atoms with Gasteiger partial charge in [-0.05, 0) is 0 Å². The summed E-state index contributed by atoms with van der Waals surface area (Å²) >= 11 is 0. The van der Waals surface area contributed by atoms with Crippen LogP contribution < -0.4 is 4.90 Å². The molecule has 0 bridgehead atoms. The van der Waals surface area contributed by atoms with E-state index in [1.807, 2.05) is 0 Å². The summed E-state index contributed by atoms with van der Waals surface area (Å²) in [7, 11) is 4.04. The molecule has 0 spiro atoms. The minimum Gasteiger partial charge on any atom is -0.461 e. The molecule has 0 aromatic rings. The van der Waals surface area contributed by atoms with Crippen molar-refractivity contribution >= 4 is 0 Å². The summed E-state index contributed by atoms with van der Waals surface area (Å²) in [6.07, 6.45) is 0. The number of ether oxygens (including phenoxy) is 1.